The number of phenols is 1. The van der Waals surface area contributed by atoms with Crippen LogP contribution < -0.4 is 4.74 Å². The number of aryl methyl sites for hydroxylation is 1. The summed E-state index contributed by atoms with van der Waals surface area (Å²) in [5, 5.41) is 11.0. The third-order valence-corrected chi connectivity index (χ3v) is 6.87. The molecule has 35 heavy (non-hydrogen) atoms. The van der Waals surface area contributed by atoms with Gasteiger partial charge in [-0.1, -0.05) is 61.9 Å². The minimum atomic E-state index is -0.105. The fraction of sp³-hybridized carbons (Fsp3) is 0.241. The van der Waals surface area contributed by atoms with Gasteiger partial charge in [0.15, 0.2) is 0 Å². The SMILES string of the molecule is CC1(C)CCc2ccccc2[C@H]2OC(c3[c-]c(Oc4ccc5cccc(O)c5n4)ccc3)=N[C@H]21.[Pt]. The van der Waals surface area contributed by atoms with Crippen molar-refractivity contribution in [1.82, 2.24) is 4.98 Å². The maximum Gasteiger partial charge on any atom is 0.217 e. The summed E-state index contributed by atoms with van der Waals surface area (Å²) in [5.41, 5.74) is 3.83. The van der Waals surface area contributed by atoms with Crippen LogP contribution >= 0.6 is 0 Å². The molecule has 0 amide bonds. The number of fused-ring (bicyclic) bond motifs is 4. The summed E-state index contributed by atoms with van der Waals surface area (Å²) in [6.07, 6.45) is 1.99. The molecule has 1 aliphatic heterocycles. The van der Waals surface area contributed by atoms with E-state index in [1.807, 2.05) is 30.3 Å². The van der Waals surface area contributed by atoms with E-state index in [2.05, 4.69) is 49.2 Å². The van der Waals surface area contributed by atoms with E-state index in [0.717, 1.165) is 23.8 Å². The van der Waals surface area contributed by atoms with Gasteiger partial charge in [0.05, 0.1) is 6.04 Å². The van der Waals surface area contributed by atoms with E-state index in [4.69, 9.17) is 14.5 Å². The van der Waals surface area contributed by atoms with Crippen LogP contribution in [0.2, 0.25) is 0 Å². The Balaban J connectivity index is 0.00000253. The smallest absolute Gasteiger partial charge is 0.217 e. The van der Waals surface area contributed by atoms with E-state index in [9.17, 15) is 5.11 Å². The molecule has 1 aliphatic carbocycles. The second-order valence-electron chi connectivity index (χ2n) is 9.63. The van der Waals surface area contributed by atoms with Crippen LogP contribution in [0, 0.1) is 11.5 Å². The number of pyridine rings is 1. The summed E-state index contributed by atoms with van der Waals surface area (Å²) >= 11 is 0. The Morgan fingerprint density at radius 1 is 1.00 bits per heavy atom. The third kappa shape index (κ3) is 4.34. The second-order valence-corrected chi connectivity index (χ2v) is 9.63. The average molecular weight is 645 g/mol. The van der Waals surface area contributed by atoms with Gasteiger partial charge in [-0.05, 0) is 41.5 Å². The zero-order chi connectivity index (χ0) is 23.3. The minimum absolute atomic E-state index is 0. The predicted octanol–water partition coefficient (Wildman–Crippen LogP) is 6.39. The number of aromatic nitrogens is 1. The summed E-state index contributed by atoms with van der Waals surface area (Å²) < 4.78 is 12.5. The van der Waals surface area contributed by atoms with Crippen molar-refractivity contribution >= 4 is 16.8 Å². The van der Waals surface area contributed by atoms with Crippen molar-refractivity contribution in [2.45, 2.75) is 38.8 Å². The van der Waals surface area contributed by atoms with Gasteiger partial charge in [0, 0.05) is 38.3 Å². The number of hydrogen-bond donors (Lipinski definition) is 1. The zero-order valence-electron chi connectivity index (χ0n) is 19.5. The van der Waals surface area contributed by atoms with Crippen molar-refractivity contribution in [1.29, 1.82) is 0 Å². The van der Waals surface area contributed by atoms with Gasteiger partial charge in [0.2, 0.25) is 5.88 Å². The molecule has 0 saturated heterocycles. The van der Waals surface area contributed by atoms with Crippen molar-refractivity contribution < 1.29 is 35.6 Å². The molecule has 6 rings (SSSR count). The molecule has 1 N–H and O–H groups in total. The molecule has 3 aromatic carbocycles. The molecule has 180 valence electrons. The van der Waals surface area contributed by atoms with E-state index in [1.165, 1.54) is 11.1 Å². The van der Waals surface area contributed by atoms with Crippen molar-refractivity contribution in [3.63, 3.8) is 0 Å². The monoisotopic (exact) mass is 644 g/mol. The maximum atomic E-state index is 10.1. The number of phenolic OH excluding ortho intramolecular Hbond substituents is 1. The fourth-order valence-corrected chi connectivity index (χ4v) is 4.92. The van der Waals surface area contributed by atoms with Crippen LogP contribution in [-0.4, -0.2) is 22.0 Å². The first-order valence-corrected chi connectivity index (χ1v) is 11.6. The summed E-state index contributed by atoms with van der Waals surface area (Å²) in [6, 6.07) is 26.5. The van der Waals surface area contributed by atoms with Crippen LogP contribution in [-0.2, 0) is 32.2 Å². The molecule has 2 heterocycles. The van der Waals surface area contributed by atoms with Crippen LogP contribution in [0.1, 0.15) is 43.1 Å². The predicted molar refractivity (Wildman–Crippen MR) is 131 cm³/mol. The maximum absolute atomic E-state index is 10.1. The molecule has 0 bridgehead atoms. The van der Waals surface area contributed by atoms with E-state index in [0.29, 0.717) is 23.0 Å². The van der Waals surface area contributed by atoms with Crippen molar-refractivity contribution in [3.05, 3.63) is 95.6 Å². The number of para-hydroxylation sites is 1. The van der Waals surface area contributed by atoms with Gasteiger partial charge in [0.25, 0.3) is 0 Å². The second kappa shape index (κ2) is 9.12. The van der Waals surface area contributed by atoms with Crippen LogP contribution in [0.3, 0.4) is 0 Å². The Morgan fingerprint density at radius 2 is 1.83 bits per heavy atom. The summed E-state index contributed by atoms with van der Waals surface area (Å²) in [5.74, 6) is 1.61. The van der Waals surface area contributed by atoms with Gasteiger partial charge in [-0.3, -0.25) is 4.99 Å². The average Bonchev–Trinajstić information content (AvgIpc) is 3.27. The summed E-state index contributed by atoms with van der Waals surface area (Å²) in [7, 11) is 0. The van der Waals surface area contributed by atoms with E-state index < -0.39 is 0 Å². The molecule has 0 spiro atoms. The van der Waals surface area contributed by atoms with Gasteiger partial charge in [-0.2, -0.15) is 0 Å². The van der Waals surface area contributed by atoms with Crippen molar-refractivity contribution in [2.24, 2.45) is 10.4 Å². The largest absolute Gasteiger partial charge is 0.510 e. The van der Waals surface area contributed by atoms with Crippen LogP contribution in [0.15, 0.2) is 77.8 Å². The van der Waals surface area contributed by atoms with Gasteiger partial charge >= 0.3 is 0 Å². The molecular formula is C29H25N2O3Pt-. The molecule has 2 atom stereocenters. The van der Waals surface area contributed by atoms with Crippen LogP contribution in [0.4, 0.5) is 0 Å². The van der Waals surface area contributed by atoms with Crippen LogP contribution in [0.25, 0.3) is 10.9 Å². The van der Waals surface area contributed by atoms with Gasteiger partial charge < -0.3 is 14.6 Å². The van der Waals surface area contributed by atoms with Crippen molar-refractivity contribution in [3.8, 4) is 17.4 Å². The van der Waals surface area contributed by atoms with E-state index >= 15 is 0 Å². The number of nitrogens with zero attached hydrogens (tertiary/aromatic N) is 2. The number of aliphatic imine (C=N–C) groups is 1. The van der Waals surface area contributed by atoms with Crippen molar-refractivity contribution in [2.75, 3.05) is 0 Å². The third-order valence-electron chi connectivity index (χ3n) is 6.87. The van der Waals surface area contributed by atoms with Gasteiger partial charge in [0.1, 0.15) is 23.3 Å². The fourth-order valence-electron chi connectivity index (χ4n) is 4.92. The molecule has 4 aromatic rings. The molecule has 0 saturated carbocycles. The number of rotatable bonds is 3. The van der Waals surface area contributed by atoms with E-state index in [-0.39, 0.29) is 44.4 Å². The molecule has 5 nitrogen and oxygen atoms in total. The first kappa shape index (κ1) is 23.6. The van der Waals surface area contributed by atoms with Gasteiger partial charge in [-0.25, -0.2) is 4.98 Å². The number of hydrogen-bond acceptors (Lipinski definition) is 5. The first-order valence-electron chi connectivity index (χ1n) is 11.6. The molecular weight excluding hydrogens is 619 g/mol. The Kier molecular flexibility index (Phi) is 6.14. The Labute approximate surface area is 219 Å². The molecule has 0 fully saturated rings. The minimum Gasteiger partial charge on any atom is -0.510 e. The normalized spacial score (nSPS) is 20.0. The molecule has 6 heteroatoms. The Morgan fingerprint density at radius 3 is 2.71 bits per heavy atom. The number of aromatic hydroxyl groups is 1. The Hall–Kier alpha value is -3.17. The summed E-state index contributed by atoms with van der Waals surface area (Å²) in [6.45, 7) is 4.55. The van der Waals surface area contributed by atoms with Crippen LogP contribution in [0.5, 0.6) is 17.4 Å². The first-order chi connectivity index (χ1) is 16.5. The quantitative estimate of drug-likeness (QED) is 0.263. The molecule has 0 radical (unpaired) electrons. The standard InChI is InChI=1S/C29H25N2O3.Pt/c1-29(2)16-15-18-7-3-4-11-22(18)26-27(29)31-28(34-26)20-9-5-10-21(17-20)33-24-14-13-19-8-6-12-23(32)25(19)30-24;/h3-14,26-27,32H,15-16H2,1-2H3;/q-1;/t26-,27-;/m1./s1. The molecule has 1 aromatic heterocycles. The molecule has 2 aliphatic rings. The number of benzene rings is 3. The van der Waals surface area contributed by atoms with Gasteiger partial charge in [-0.15, -0.1) is 18.2 Å². The Bertz CT molecular complexity index is 1430. The topological polar surface area (TPSA) is 63.9 Å². The summed E-state index contributed by atoms with van der Waals surface area (Å²) in [4.78, 5) is 9.51. The zero-order valence-corrected chi connectivity index (χ0v) is 21.7. The molecule has 0 unspecified atom stereocenters. The van der Waals surface area contributed by atoms with E-state index in [1.54, 1.807) is 18.2 Å². The number of ether oxygens (including phenoxy) is 2.